The highest BCUT2D eigenvalue weighted by atomic mass is 16.3. The Bertz CT molecular complexity index is 2260. The van der Waals surface area contributed by atoms with E-state index < -0.39 is 35.0 Å². The molecule has 3 fully saturated rings. The number of hydrogen-bond acceptors (Lipinski definition) is 7. The highest BCUT2D eigenvalue weighted by Gasteiger charge is 2.67. The van der Waals surface area contributed by atoms with Gasteiger partial charge in [0, 0.05) is 11.5 Å². The predicted octanol–water partition coefficient (Wildman–Crippen LogP) is 6.94. The average molecular weight is 664 g/mol. The first-order chi connectivity index (χ1) is 24.2. The molecule has 0 bridgehead atoms. The number of aryl methyl sites for hydroxylation is 1. The first-order valence-corrected chi connectivity index (χ1v) is 16.9. The molecule has 0 spiro atoms. The minimum Gasteiger partial charge on any atom is -0.508 e. The number of carbonyl (C=O) groups excluding carboxylic acids is 4. The highest BCUT2D eigenvalue weighted by Crippen LogP contribution is 2.63. The Hall–Kier alpha value is -5.83. The molecule has 9 rings (SSSR count). The van der Waals surface area contributed by atoms with Gasteiger partial charge in [-0.1, -0.05) is 54.1 Å². The Kier molecular flexibility index (Phi) is 6.55. The predicted molar refractivity (Wildman–Crippen MR) is 186 cm³/mol. The lowest BCUT2D eigenvalue weighted by Gasteiger charge is -2.49. The van der Waals surface area contributed by atoms with Crippen molar-refractivity contribution in [2.75, 3.05) is 9.80 Å². The normalized spacial score (nSPS) is 27.4. The molecular weight excluding hydrogens is 630 g/mol. The molecule has 9 nitrogen and oxygen atoms in total. The molecule has 1 N–H and O–H groups in total. The number of allylic oxidation sites excluding steroid dienone is 2. The first kappa shape index (κ1) is 30.2. The van der Waals surface area contributed by atoms with Crippen molar-refractivity contribution in [2.45, 2.75) is 32.6 Å². The molecular formula is C41H33N3O6. The molecule has 1 saturated carbocycles. The summed E-state index contributed by atoms with van der Waals surface area (Å²) in [6, 6.07) is 28.8. The van der Waals surface area contributed by atoms with E-state index in [1.165, 1.54) is 9.80 Å². The lowest BCUT2D eigenvalue weighted by Crippen LogP contribution is -2.48. The molecule has 5 aromatic rings. The van der Waals surface area contributed by atoms with Gasteiger partial charge in [-0.15, -0.1) is 0 Å². The summed E-state index contributed by atoms with van der Waals surface area (Å²) in [7, 11) is 0. The van der Waals surface area contributed by atoms with Crippen molar-refractivity contribution < 1.29 is 28.7 Å². The van der Waals surface area contributed by atoms with E-state index in [9.17, 15) is 24.3 Å². The topological polar surface area (TPSA) is 121 Å². The Labute approximate surface area is 287 Å². The van der Waals surface area contributed by atoms with Crippen molar-refractivity contribution in [3.8, 4) is 17.2 Å². The number of hydrogen-bond donors (Lipinski definition) is 1. The van der Waals surface area contributed by atoms with Gasteiger partial charge in [-0.25, -0.2) is 9.88 Å². The van der Waals surface area contributed by atoms with Crippen LogP contribution in [-0.2, 0) is 19.2 Å². The smallest absolute Gasteiger partial charge is 0.241 e. The second kappa shape index (κ2) is 10.8. The number of phenols is 1. The van der Waals surface area contributed by atoms with E-state index in [4.69, 9.17) is 4.42 Å². The molecule has 2 saturated heterocycles. The van der Waals surface area contributed by atoms with E-state index in [1.807, 2.05) is 49.4 Å². The van der Waals surface area contributed by atoms with Crippen molar-refractivity contribution in [1.82, 2.24) is 4.98 Å². The lowest BCUT2D eigenvalue weighted by atomic mass is 9.51. The molecule has 2 aliphatic carbocycles. The minimum atomic E-state index is -1.14. The quantitative estimate of drug-likeness (QED) is 0.163. The number of aromatic nitrogens is 1. The molecule has 2 aliphatic heterocycles. The molecule has 248 valence electrons. The van der Waals surface area contributed by atoms with E-state index in [0.29, 0.717) is 34.8 Å². The number of amides is 4. The fourth-order valence-electron chi connectivity index (χ4n) is 9.08. The second-order valence-corrected chi connectivity index (χ2v) is 14.1. The monoisotopic (exact) mass is 663 g/mol. The van der Waals surface area contributed by atoms with Crippen molar-refractivity contribution in [2.24, 2.45) is 29.1 Å². The van der Waals surface area contributed by atoms with Crippen LogP contribution < -0.4 is 9.80 Å². The zero-order chi connectivity index (χ0) is 34.5. The summed E-state index contributed by atoms with van der Waals surface area (Å²) in [4.78, 5) is 64.5. The Balaban J connectivity index is 1.10. The summed E-state index contributed by atoms with van der Waals surface area (Å²) in [6.45, 7) is 3.66. The zero-order valence-electron chi connectivity index (χ0n) is 27.4. The number of fused-ring (bicyclic) bond motifs is 5. The van der Waals surface area contributed by atoms with Crippen molar-refractivity contribution >= 4 is 46.1 Å². The van der Waals surface area contributed by atoms with Gasteiger partial charge in [0.25, 0.3) is 0 Å². The van der Waals surface area contributed by atoms with Gasteiger partial charge >= 0.3 is 0 Å². The van der Waals surface area contributed by atoms with Crippen LogP contribution in [-0.4, -0.2) is 33.7 Å². The first-order valence-electron chi connectivity index (χ1n) is 16.9. The van der Waals surface area contributed by atoms with E-state index in [0.717, 1.165) is 22.2 Å². The molecule has 3 heterocycles. The Morgan fingerprint density at radius 2 is 1.52 bits per heavy atom. The molecule has 9 heteroatoms. The molecule has 4 aromatic carbocycles. The van der Waals surface area contributed by atoms with Crippen molar-refractivity contribution in [1.29, 1.82) is 0 Å². The fourth-order valence-corrected chi connectivity index (χ4v) is 9.08. The summed E-state index contributed by atoms with van der Waals surface area (Å²) in [6.07, 6.45) is 2.65. The third-order valence-corrected chi connectivity index (χ3v) is 11.5. The third-order valence-electron chi connectivity index (χ3n) is 11.5. The van der Waals surface area contributed by atoms with Crippen molar-refractivity contribution in [3.63, 3.8) is 0 Å². The maximum Gasteiger partial charge on any atom is 0.241 e. The van der Waals surface area contributed by atoms with E-state index in [-0.39, 0.29) is 35.8 Å². The maximum atomic E-state index is 14.5. The van der Waals surface area contributed by atoms with Gasteiger partial charge in [-0.3, -0.25) is 24.1 Å². The highest BCUT2D eigenvalue weighted by molar-refractivity contribution is 6.25. The van der Waals surface area contributed by atoms with Gasteiger partial charge in [0.1, 0.15) is 11.3 Å². The summed E-state index contributed by atoms with van der Waals surface area (Å²) >= 11 is 0. The van der Waals surface area contributed by atoms with Crippen LogP contribution in [0.2, 0.25) is 0 Å². The van der Waals surface area contributed by atoms with Crippen LogP contribution in [0.25, 0.3) is 22.6 Å². The number of rotatable bonds is 4. The standard InChI is InChI=1S/C41H33N3O6/c1-22-20-24(14-19-32(22)45)35-27-17-18-28-34(29(27)21-30-38(47)44(40(49)41(30,35)2)25-8-4-3-5-9-25)39(48)43(37(28)46)26-15-12-23(13-16-26)36-42-31-10-6-7-11-33(31)50-36/h3-17,19-20,28-30,34-35,45H,18,21H2,1-2H3. The largest absolute Gasteiger partial charge is 0.508 e. The SMILES string of the molecule is Cc1cc(C2C3=CCC4C(=O)N(c5ccc(-c6nc7ccccc7o6)cc5)C(=O)C4C3CC3C(=O)N(c4ccccc4)C(=O)C32C)ccc1O. The van der Waals surface area contributed by atoms with E-state index >= 15 is 0 Å². The van der Waals surface area contributed by atoms with Gasteiger partial charge < -0.3 is 9.52 Å². The summed E-state index contributed by atoms with van der Waals surface area (Å²) in [5, 5.41) is 10.4. The maximum absolute atomic E-state index is 14.5. The van der Waals surface area contributed by atoms with Gasteiger partial charge in [0.2, 0.25) is 29.5 Å². The summed E-state index contributed by atoms with van der Waals surface area (Å²) in [5.41, 5.74) is 4.30. The number of para-hydroxylation sites is 3. The van der Waals surface area contributed by atoms with Crippen LogP contribution in [0.1, 0.15) is 36.8 Å². The lowest BCUT2D eigenvalue weighted by molar-refractivity contribution is -0.131. The molecule has 50 heavy (non-hydrogen) atoms. The van der Waals surface area contributed by atoms with Gasteiger partial charge in [-0.05, 0) is 98.3 Å². The molecule has 6 atom stereocenters. The van der Waals surface area contributed by atoms with E-state index in [1.54, 1.807) is 67.6 Å². The summed E-state index contributed by atoms with van der Waals surface area (Å²) < 4.78 is 5.92. The molecule has 1 aromatic heterocycles. The van der Waals surface area contributed by atoms with Crippen LogP contribution in [0.15, 0.2) is 113 Å². The number of benzene rings is 4. The van der Waals surface area contributed by atoms with Gasteiger partial charge in [-0.2, -0.15) is 0 Å². The number of nitrogens with zero attached hydrogens (tertiary/aromatic N) is 3. The van der Waals surface area contributed by atoms with Gasteiger partial charge in [0.15, 0.2) is 5.58 Å². The molecule has 4 aliphatic rings. The number of oxazole rings is 1. The fraction of sp³-hybridized carbons (Fsp3) is 0.244. The molecule has 0 radical (unpaired) electrons. The molecule has 4 amide bonds. The third kappa shape index (κ3) is 4.15. The van der Waals surface area contributed by atoms with E-state index in [2.05, 4.69) is 4.98 Å². The number of phenolic OH excluding ortho intramolecular Hbond substituents is 1. The zero-order valence-corrected chi connectivity index (χ0v) is 27.4. The number of aromatic hydroxyl groups is 1. The Morgan fingerprint density at radius 1 is 0.800 bits per heavy atom. The van der Waals surface area contributed by atoms with Crippen LogP contribution in [0.3, 0.4) is 0 Å². The van der Waals surface area contributed by atoms with Crippen LogP contribution in [0.5, 0.6) is 5.75 Å². The van der Waals surface area contributed by atoms with Gasteiger partial charge in [0.05, 0.1) is 34.5 Å². The second-order valence-electron chi connectivity index (χ2n) is 14.1. The number of imide groups is 2. The number of carbonyl (C=O) groups is 4. The van der Waals surface area contributed by atoms with Crippen LogP contribution in [0, 0.1) is 36.0 Å². The van der Waals surface area contributed by atoms with Crippen molar-refractivity contribution in [3.05, 3.63) is 120 Å². The Morgan fingerprint density at radius 3 is 2.26 bits per heavy atom. The van der Waals surface area contributed by atoms with Crippen LogP contribution >= 0.6 is 0 Å². The van der Waals surface area contributed by atoms with Crippen LogP contribution in [0.4, 0.5) is 11.4 Å². The number of anilines is 2. The average Bonchev–Trinajstić information content (AvgIpc) is 3.73. The summed E-state index contributed by atoms with van der Waals surface area (Å²) in [5.74, 6) is -3.53. The minimum absolute atomic E-state index is 0.134. The molecule has 6 unspecified atom stereocenters.